The highest BCUT2D eigenvalue weighted by Gasteiger charge is 2.39. The number of hydrogen-bond acceptors (Lipinski definition) is 3. The molecule has 5 heteroatoms. The number of ether oxygens (including phenoxy) is 1. The fraction of sp³-hybridized carbons (Fsp3) is 0.533. The van der Waals surface area contributed by atoms with E-state index < -0.39 is 0 Å². The molecular weight excluding hydrogens is 276 g/mol. The van der Waals surface area contributed by atoms with Gasteiger partial charge in [0.1, 0.15) is 5.75 Å². The standard InChI is InChI=1S/C15H21ClN2O2/c1-3-15(7-8-17-10-15)14(19)18-12-9-11(16)5-6-13(12)20-4-2/h5-6,9,17H,3-4,7-8,10H2,1-2H3,(H,18,19). The molecule has 1 aliphatic heterocycles. The summed E-state index contributed by atoms with van der Waals surface area (Å²) in [7, 11) is 0. The van der Waals surface area contributed by atoms with E-state index in [1.54, 1.807) is 18.2 Å². The van der Waals surface area contributed by atoms with Gasteiger partial charge in [0.15, 0.2) is 0 Å². The molecule has 20 heavy (non-hydrogen) atoms. The molecule has 0 saturated carbocycles. The Morgan fingerprint density at radius 2 is 2.30 bits per heavy atom. The van der Waals surface area contributed by atoms with Crippen molar-refractivity contribution in [1.82, 2.24) is 5.32 Å². The first-order valence-corrected chi connectivity index (χ1v) is 7.43. The first-order valence-electron chi connectivity index (χ1n) is 7.06. The molecule has 1 aliphatic rings. The maximum atomic E-state index is 12.6. The first kappa shape index (κ1) is 15.1. The number of hydrogen-bond donors (Lipinski definition) is 2. The number of halogens is 1. The van der Waals surface area contributed by atoms with Gasteiger partial charge in [-0.25, -0.2) is 0 Å². The predicted octanol–water partition coefficient (Wildman–Crippen LogP) is 3.07. The molecule has 2 N–H and O–H groups in total. The van der Waals surface area contributed by atoms with Crippen LogP contribution in [0.15, 0.2) is 18.2 Å². The lowest BCUT2D eigenvalue weighted by Crippen LogP contribution is -2.37. The van der Waals surface area contributed by atoms with Crippen molar-refractivity contribution >= 4 is 23.2 Å². The van der Waals surface area contributed by atoms with Crippen LogP contribution in [-0.2, 0) is 4.79 Å². The third-order valence-corrected chi connectivity index (χ3v) is 4.13. The summed E-state index contributed by atoms with van der Waals surface area (Å²) in [6, 6.07) is 5.28. The highest BCUT2D eigenvalue weighted by molar-refractivity contribution is 6.31. The molecule has 1 amide bonds. The SMILES string of the molecule is CCOc1ccc(Cl)cc1NC(=O)C1(CC)CCNC1. The Bertz CT molecular complexity index is 485. The first-order chi connectivity index (χ1) is 9.61. The Balaban J connectivity index is 2.20. The van der Waals surface area contributed by atoms with E-state index in [-0.39, 0.29) is 11.3 Å². The number of nitrogens with one attached hydrogen (secondary N) is 2. The summed E-state index contributed by atoms with van der Waals surface area (Å²) in [5.74, 6) is 0.690. The van der Waals surface area contributed by atoms with Crippen LogP contribution >= 0.6 is 11.6 Å². The largest absolute Gasteiger partial charge is 0.492 e. The van der Waals surface area contributed by atoms with Crippen LogP contribution in [0.1, 0.15) is 26.7 Å². The van der Waals surface area contributed by atoms with Crippen LogP contribution < -0.4 is 15.4 Å². The van der Waals surface area contributed by atoms with Gasteiger partial charge in [-0.05, 0) is 44.5 Å². The van der Waals surface area contributed by atoms with Crippen LogP contribution in [0.25, 0.3) is 0 Å². The molecule has 1 heterocycles. The molecule has 1 aromatic carbocycles. The quantitative estimate of drug-likeness (QED) is 0.878. The number of carbonyl (C=O) groups excluding carboxylic acids is 1. The minimum absolute atomic E-state index is 0.0354. The third-order valence-electron chi connectivity index (χ3n) is 3.89. The van der Waals surface area contributed by atoms with Crippen molar-refractivity contribution in [2.24, 2.45) is 5.41 Å². The van der Waals surface area contributed by atoms with E-state index >= 15 is 0 Å². The molecule has 0 radical (unpaired) electrons. The number of amides is 1. The second kappa shape index (κ2) is 6.46. The molecule has 0 aromatic heterocycles. The van der Waals surface area contributed by atoms with Crippen LogP contribution in [0.4, 0.5) is 5.69 Å². The van der Waals surface area contributed by atoms with Gasteiger partial charge in [0.2, 0.25) is 5.91 Å². The summed E-state index contributed by atoms with van der Waals surface area (Å²) < 4.78 is 5.53. The van der Waals surface area contributed by atoms with Gasteiger partial charge in [0, 0.05) is 11.6 Å². The zero-order valence-electron chi connectivity index (χ0n) is 12.0. The summed E-state index contributed by atoms with van der Waals surface area (Å²) >= 11 is 6.01. The molecule has 1 atom stereocenters. The number of benzene rings is 1. The van der Waals surface area contributed by atoms with Crippen LogP contribution in [0.2, 0.25) is 5.02 Å². The van der Waals surface area contributed by atoms with Crippen molar-refractivity contribution in [1.29, 1.82) is 0 Å². The topological polar surface area (TPSA) is 50.4 Å². The Hall–Kier alpha value is -1.26. The minimum atomic E-state index is -0.328. The molecule has 1 aromatic rings. The second-order valence-corrected chi connectivity index (χ2v) is 5.52. The fourth-order valence-corrected chi connectivity index (χ4v) is 2.71. The average molecular weight is 297 g/mol. The molecule has 1 fully saturated rings. The lowest BCUT2D eigenvalue weighted by Gasteiger charge is -2.25. The van der Waals surface area contributed by atoms with Gasteiger partial charge in [0.05, 0.1) is 17.7 Å². The minimum Gasteiger partial charge on any atom is -0.492 e. The predicted molar refractivity (Wildman–Crippen MR) is 81.5 cm³/mol. The molecule has 1 unspecified atom stereocenters. The summed E-state index contributed by atoms with van der Waals surface area (Å²) in [5.41, 5.74) is 0.315. The fourth-order valence-electron chi connectivity index (χ4n) is 2.54. The molecule has 0 aliphatic carbocycles. The maximum Gasteiger partial charge on any atom is 0.232 e. The second-order valence-electron chi connectivity index (χ2n) is 5.09. The monoisotopic (exact) mass is 296 g/mol. The van der Waals surface area contributed by atoms with E-state index in [2.05, 4.69) is 10.6 Å². The van der Waals surface area contributed by atoms with Crippen molar-refractivity contribution in [3.05, 3.63) is 23.2 Å². The average Bonchev–Trinajstić information content (AvgIpc) is 2.92. The van der Waals surface area contributed by atoms with Gasteiger partial charge in [-0.3, -0.25) is 4.79 Å². The Morgan fingerprint density at radius 1 is 1.50 bits per heavy atom. The summed E-state index contributed by atoms with van der Waals surface area (Å²) in [6.45, 7) is 6.11. The van der Waals surface area contributed by atoms with Crippen LogP contribution in [0, 0.1) is 5.41 Å². The van der Waals surface area contributed by atoms with E-state index in [1.807, 2.05) is 13.8 Å². The molecule has 4 nitrogen and oxygen atoms in total. The summed E-state index contributed by atoms with van der Waals surface area (Å²) in [5, 5.41) is 6.83. The van der Waals surface area contributed by atoms with Gasteiger partial charge in [-0.15, -0.1) is 0 Å². The zero-order valence-corrected chi connectivity index (χ0v) is 12.7. The van der Waals surface area contributed by atoms with Crippen molar-refractivity contribution < 1.29 is 9.53 Å². The van der Waals surface area contributed by atoms with Gasteiger partial charge in [-0.1, -0.05) is 18.5 Å². The van der Waals surface area contributed by atoms with Crippen molar-refractivity contribution in [3.63, 3.8) is 0 Å². The van der Waals surface area contributed by atoms with Crippen molar-refractivity contribution in [2.75, 3.05) is 25.0 Å². The molecule has 2 rings (SSSR count). The zero-order chi connectivity index (χ0) is 14.6. The van der Waals surface area contributed by atoms with Gasteiger partial charge in [-0.2, -0.15) is 0 Å². The normalized spacial score (nSPS) is 21.8. The smallest absolute Gasteiger partial charge is 0.232 e. The van der Waals surface area contributed by atoms with Crippen LogP contribution in [0.3, 0.4) is 0 Å². The number of rotatable bonds is 5. The van der Waals surface area contributed by atoms with Crippen molar-refractivity contribution in [3.8, 4) is 5.75 Å². The van der Waals surface area contributed by atoms with Crippen LogP contribution in [0.5, 0.6) is 5.75 Å². The van der Waals surface area contributed by atoms with E-state index in [9.17, 15) is 4.79 Å². The molecule has 1 saturated heterocycles. The van der Waals surface area contributed by atoms with Gasteiger partial charge in [0.25, 0.3) is 0 Å². The highest BCUT2D eigenvalue weighted by Crippen LogP contribution is 2.34. The highest BCUT2D eigenvalue weighted by atomic mass is 35.5. The Morgan fingerprint density at radius 3 is 2.90 bits per heavy atom. The summed E-state index contributed by atoms with van der Waals surface area (Å²) in [4.78, 5) is 12.6. The number of anilines is 1. The third kappa shape index (κ3) is 3.07. The van der Waals surface area contributed by atoms with Gasteiger partial charge < -0.3 is 15.4 Å². The van der Waals surface area contributed by atoms with E-state index in [1.165, 1.54) is 0 Å². The Labute approximate surface area is 124 Å². The number of carbonyl (C=O) groups is 1. The van der Waals surface area contributed by atoms with E-state index in [0.717, 1.165) is 25.9 Å². The van der Waals surface area contributed by atoms with Crippen molar-refractivity contribution in [2.45, 2.75) is 26.7 Å². The molecule has 0 bridgehead atoms. The maximum absolute atomic E-state index is 12.6. The van der Waals surface area contributed by atoms with E-state index in [0.29, 0.717) is 23.1 Å². The lowest BCUT2D eigenvalue weighted by atomic mass is 9.83. The van der Waals surface area contributed by atoms with Gasteiger partial charge >= 0.3 is 0 Å². The van der Waals surface area contributed by atoms with Crippen LogP contribution in [-0.4, -0.2) is 25.6 Å². The summed E-state index contributed by atoms with van der Waals surface area (Å²) in [6.07, 6.45) is 1.68. The van der Waals surface area contributed by atoms with E-state index in [4.69, 9.17) is 16.3 Å². The molecule has 110 valence electrons. The molecule has 0 spiro atoms. The Kier molecular flexibility index (Phi) is 4.89. The molecular formula is C15H21ClN2O2. The lowest BCUT2D eigenvalue weighted by molar-refractivity contribution is -0.124.